The Morgan fingerprint density at radius 3 is 2.35 bits per heavy atom. The second-order valence-corrected chi connectivity index (χ2v) is 8.00. The molecule has 1 aliphatic rings. The molecule has 2 atom stereocenters. The van der Waals surface area contributed by atoms with Gasteiger partial charge in [0.05, 0.1) is 7.11 Å². The maximum absolute atomic E-state index is 13.2. The average Bonchev–Trinajstić information content (AvgIpc) is 2.47. The van der Waals surface area contributed by atoms with Crippen LogP contribution in [0, 0.1) is 0 Å². The third-order valence-electron chi connectivity index (χ3n) is 3.85. The molecule has 1 aliphatic heterocycles. The van der Waals surface area contributed by atoms with Gasteiger partial charge in [0.15, 0.2) is 0 Å². The van der Waals surface area contributed by atoms with Crippen molar-refractivity contribution >= 4 is 18.4 Å². The summed E-state index contributed by atoms with van der Waals surface area (Å²) in [4.78, 5) is 12.2. The first-order chi connectivity index (χ1) is 9.57. The quantitative estimate of drug-likeness (QED) is 0.597. The number of benzene rings is 2. The highest BCUT2D eigenvalue weighted by Crippen LogP contribution is 2.61. The second kappa shape index (κ2) is 4.60. The summed E-state index contributed by atoms with van der Waals surface area (Å²) in [6.07, 6.45) is 0. The summed E-state index contributed by atoms with van der Waals surface area (Å²) < 4.78 is 18.1. The molecule has 2 unspecified atom stereocenters. The Labute approximate surface area is 118 Å². The van der Waals surface area contributed by atoms with Gasteiger partial charge in [-0.3, -0.25) is 4.79 Å². The molecule has 0 bridgehead atoms. The summed E-state index contributed by atoms with van der Waals surface area (Å²) in [6.45, 7) is 1.67. The van der Waals surface area contributed by atoms with Crippen LogP contribution in [-0.2, 0) is 14.1 Å². The highest BCUT2D eigenvalue weighted by molar-refractivity contribution is 7.72. The van der Waals surface area contributed by atoms with E-state index in [1.165, 1.54) is 7.11 Å². The molecule has 0 saturated heterocycles. The first-order valence-electron chi connectivity index (χ1n) is 6.41. The SMILES string of the molecule is COC(=O)C1c2ccccc2-c2ccccc2P1(C)=O. The molecule has 0 saturated carbocycles. The number of carbonyl (C=O) groups is 1. The summed E-state index contributed by atoms with van der Waals surface area (Å²) in [5, 5.41) is 0.758. The average molecular weight is 286 g/mol. The van der Waals surface area contributed by atoms with Crippen molar-refractivity contribution in [3.05, 3.63) is 54.1 Å². The van der Waals surface area contributed by atoms with Gasteiger partial charge in [0.25, 0.3) is 0 Å². The first-order valence-corrected chi connectivity index (χ1v) is 8.63. The molecule has 2 aromatic carbocycles. The van der Waals surface area contributed by atoms with Crippen LogP contribution in [0.1, 0.15) is 11.2 Å². The van der Waals surface area contributed by atoms with Crippen LogP contribution in [-0.4, -0.2) is 19.7 Å². The number of hydrogen-bond donors (Lipinski definition) is 0. The van der Waals surface area contributed by atoms with E-state index in [2.05, 4.69) is 0 Å². The van der Waals surface area contributed by atoms with E-state index in [-0.39, 0.29) is 0 Å². The third kappa shape index (κ3) is 1.74. The van der Waals surface area contributed by atoms with Crippen molar-refractivity contribution in [3.8, 4) is 11.1 Å². The number of esters is 1. The van der Waals surface area contributed by atoms with Crippen molar-refractivity contribution in [2.75, 3.05) is 13.8 Å². The molecule has 3 nitrogen and oxygen atoms in total. The number of hydrogen-bond acceptors (Lipinski definition) is 3. The van der Waals surface area contributed by atoms with Gasteiger partial charge in [0.2, 0.25) is 0 Å². The summed E-state index contributed by atoms with van der Waals surface area (Å²) >= 11 is 0. The van der Waals surface area contributed by atoms with Gasteiger partial charge >= 0.3 is 5.97 Å². The maximum Gasteiger partial charge on any atom is 0.321 e. The maximum atomic E-state index is 13.2. The van der Waals surface area contributed by atoms with Crippen LogP contribution in [0.25, 0.3) is 11.1 Å². The summed E-state index contributed by atoms with van der Waals surface area (Å²) in [6, 6.07) is 15.2. The molecule has 0 aliphatic carbocycles. The summed E-state index contributed by atoms with van der Waals surface area (Å²) in [5.74, 6) is -0.433. The van der Waals surface area contributed by atoms with Gasteiger partial charge in [-0.05, 0) is 23.4 Å². The predicted molar refractivity (Wildman–Crippen MR) is 79.8 cm³/mol. The van der Waals surface area contributed by atoms with E-state index in [1.807, 2.05) is 48.5 Å². The number of fused-ring (bicyclic) bond motifs is 3. The molecule has 2 aromatic rings. The lowest BCUT2D eigenvalue weighted by Gasteiger charge is -2.31. The molecule has 1 heterocycles. The number of rotatable bonds is 1. The zero-order valence-electron chi connectivity index (χ0n) is 11.4. The summed E-state index contributed by atoms with van der Waals surface area (Å²) in [7, 11) is -1.53. The third-order valence-corrected chi connectivity index (χ3v) is 6.67. The van der Waals surface area contributed by atoms with E-state index in [0.29, 0.717) is 0 Å². The Morgan fingerprint density at radius 2 is 1.65 bits per heavy atom. The van der Waals surface area contributed by atoms with Crippen LogP contribution in [0.2, 0.25) is 0 Å². The molecule has 102 valence electrons. The lowest BCUT2D eigenvalue weighted by Crippen LogP contribution is -2.25. The van der Waals surface area contributed by atoms with E-state index in [4.69, 9.17) is 4.74 Å². The fraction of sp³-hybridized carbons (Fsp3) is 0.188. The molecule has 0 aromatic heterocycles. The fourth-order valence-electron chi connectivity index (χ4n) is 2.91. The second-order valence-electron chi connectivity index (χ2n) is 5.02. The van der Waals surface area contributed by atoms with Crippen LogP contribution in [0.4, 0.5) is 0 Å². The van der Waals surface area contributed by atoms with Crippen molar-refractivity contribution in [1.29, 1.82) is 0 Å². The van der Waals surface area contributed by atoms with Crippen molar-refractivity contribution < 1.29 is 14.1 Å². The van der Waals surface area contributed by atoms with Gasteiger partial charge < -0.3 is 9.30 Å². The molecule has 0 fully saturated rings. The highest BCUT2D eigenvalue weighted by Gasteiger charge is 2.44. The Morgan fingerprint density at radius 1 is 1.05 bits per heavy atom. The minimum Gasteiger partial charge on any atom is -0.468 e. The Hall–Kier alpha value is -1.86. The van der Waals surface area contributed by atoms with Gasteiger partial charge in [-0.15, -0.1) is 0 Å². The van der Waals surface area contributed by atoms with E-state index in [9.17, 15) is 9.36 Å². The molecule has 0 radical (unpaired) electrons. The topological polar surface area (TPSA) is 43.4 Å². The zero-order chi connectivity index (χ0) is 14.3. The van der Waals surface area contributed by atoms with Gasteiger partial charge in [-0.2, -0.15) is 0 Å². The summed E-state index contributed by atoms with van der Waals surface area (Å²) in [5.41, 5.74) is 2.00. The molecular formula is C16H15O3P. The van der Waals surface area contributed by atoms with Gasteiger partial charge in [0, 0.05) is 5.30 Å². The molecule has 20 heavy (non-hydrogen) atoms. The molecule has 4 heteroatoms. The van der Waals surface area contributed by atoms with Crippen LogP contribution in [0.3, 0.4) is 0 Å². The van der Waals surface area contributed by atoms with Gasteiger partial charge in [-0.1, -0.05) is 48.5 Å². The van der Waals surface area contributed by atoms with E-state index >= 15 is 0 Å². The first kappa shape index (κ1) is 13.1. The highest BCUT2D eigenvalue weighted by atomic mass is 31.2. The Balaban J connectivity index is 2.37. The molecular weight excluding hydrogens is 271 g/mol. The molecule has 3 rings (SSSR count). The van der Waals surface area contributed by atoms with Crippen molar-refractivity contribution in [3.63, 3.8) is 0 Å². The van der Waals surface area contributed by atoms with E-state index in [0.717, 1.165) is 22.0 Å². The minimum atomic E-state index is -2.87. The normalized spacial score (nSPS) is 23.6. The van der Waals surface area contributed by atoms with Gasteiger partial charge in [0.1, 0.15) is 12.8 Å². The predicted octanol–water partition coefficient (Wildman–Crippen LogP) is 3.20. The number of methoxy groups -OCH3 is 1. The molecule has 0 amide bonds. The Bertz CT molecular complexity index is 736. The van der Waals surface area contributed by atoms with Crippen molar-refractivity contribution in [2.24, 2.45) is 0 Å². The van der Waals surface area contributed by atoms with Crippen LogP contribution >= 0.6 is 7.14 Å². The van der Waals surface area contributed by atoms with Crippen molar-refractivity contribution in [2.45, 2.75) is 5.66 Å². The minimum absolute atomic E-state index is 0.433. The molecule has 0 spiro atoms. The smallest absolute Gasteiger partial charge is 0.321 e. The van der Waals surface area contributed by atoms with Gasteiger partial charge in [-0.25, -0.2) is 0 Å². The van der Waals surface area contributed by atoms with E-state index in [1.54, 1.807) is 6.66 Å². The van der Waals surface area contributed by atoms with Crippen LogP contribution in [0.15, 0.2) is 48.5 Å². The number of carbonyl (C=O) groups excluding carboxylic acids is 1. The zero-order valence-corrected chi connectivity index (χ0v) is 12.3. The standard InChI is InChI=1S/C16H15O3P/c1-19-16(17)15-13-9-4-3-7-11(13)12-8-5-6-10-14(12)20(15,2)18/h3-10,15H,1-2H3. The molecule has 0 N–H and O–H groups in total. The lowest BCUT2D eigenvalue weighted by molar-refractivity contribution is -0.140. The number of ether oxygens (including phenoxy) is 1. The monoisotopic (exact) mass is 286 g/mol. The Kier molecular flexibility index (Phi) is 3.02. The van der Waals surface area contributed by atoms with Crippen LogP contribution < -0.4 is 5.30 Å². The van der Waals surface area contributed by atoms with E-state index < -0.39 is 18.8 Å². The van der Waals surface area contributed by atoms with Crippen LogP contribution in [0.5, 0.6) is 0 Å². The fourth-order valence-corrected chi connectivity index (χ4v) is 5.51. The largest absolute Gasteiger partial charge is 0.468 e. The van der Waals surface area contributed by atoms with Crippen molar-refractivity contribution in [1.82, 2.24) is 0 Å². The lowest BCUT2D eigenvalue weighted by atomic mass is 9.96.